The van der Waals surface area contributed by atoms with E-state index < -0.39 is 0 Å². The summed E-state index contributed by atoms with van der Waals surface area (Å²) in [5.74, 6) is 0. The van der Waals surface area contributed by atoms with Crippen LogP contribution in [0.5, 0.6) is 0 Å². The topological polar surface area (TPSA) is 12.5 Å². The third-order valence-electron chi connectivity index (χ3n) is 3.04. The van der Waals surface area contributed by atoms with Crippen LogP contribution in [0.15, 0.2) is 24.3 Å². The van der Waals surface area contributed by atoms with Crippen LogP contribution in [0.1, 0.15) is 19.4 Å². The summed E-state index contributed by atoms with van der Waals surface area (Å²) in [4.78, 5) is 2.46. The minimum atomic E-state index is 0.337. The molecule has 0 aliphatic carbocycles. The fourth-order valence-electron chi connectivity index (χ4n) is 2.02. The second kappa shape index (κ2) is 5.17. The van der Waals surface area contributed by atoms with Gasteiger partial charge in [-0.15, -0.1) is 0 Å². The molecule has 0 aromatic heterocycles. The molecule has 1 heterocycles. The number of ether oxygens (including phenoxy) is 1. The zero-order valence-corrected chi connectivity index (χ0v) is 10.6. The molecule has 0 radical (unpaired) electrons. The van der Waals surface area contributed by atoms with E-state index in [1.807, 2.05) is 12.1 Å². The zero-order valence-electron chi connectivity index (χ0n) is 9.82. The Morgan fingerprint density at radius 3 is 2.69 bits per heavy atom. The molecule has 2 atom stereocenters. The number of rotatable bonds is 2. The van der Waals surface area contributed by atoms with Crippen LogP contribution >= 0.6 is 11.6 Å². The standard InChI is InChI=1S/C13H18ClNO/c1-10-9-16-11(2)7-15(10)8-12-3-5-13(14)6-4-12/h3-6,10-11H,7-9H2,1-2H3. The smallest absolute Gasteiger partial charge is 0.0674 e. The fourth-order valence-corrected chi connectivity index (χ4v) is 2.14. The molecular weight excluding hydrogens is 222 g/mol. The molecule has 2 unspecified atom stereocenters. The Bertz CT molecular complexity index is 338. The Morgan fingerprint density at radius 1 is 1.31 bits per heavy atom. The summed E-state index contributed by atoms with van der Waals surface area (Å²) in [6, 6.07) is 8.58. The van der Waals surface area contributed by atoms with Crippen molar-refractivity contribution >= 4 is 11.6 Å². The van der Waals surface area contributed by atoms with Crippen molar-refractivity contribution in [3.63, 3.8) is 0 Å². The van der Waals surface area contributed by atoms with E-state index in [0.29, 0.717) is 12.1 Å². The van der Waals surface area contributed by atoms with Crippen molar-refractivity contribution in [1.29, 1.82) is 0 Å². The van der Waals surface area contributed by atoms with Crippen LogP contribution in [0.4, 0.5) is 0 Å². The highest BCUT2D eigenvalue weighted by Gasteiger charge is 2.23. The van der Waals surface area contributed by atoms with Crippen LogP contribution in [0, 0.1) is 0 Å². The highest BCUT2D eigenvalue weighted by atomic mass is 35.5. The van der Waals surface area contributed by atoms with Crippen molar-refractivity contribution in [2.24, 2.45) is 0 Å². The molecule has 3 heteroatoms. The van der Waals surface area contributed by atoms with Gasteiger partial charge in [0, 0.05) is 24.2 Å². The molecule has 0 N–H and O–H groups in total. The Morgan fingerprint density at radius 2 is 2.00 bits per heavy atom. The summed E-state index contributed by atoms with van der Waals surface area (Å²) in [7, 11) is 0. The van der Waals surface area contributed by atoms with Crippen molar-refractivity contribution in [2.45, 2.75) is 32.5 Å². The molecule has 2 rings (SSSR count). The molecular formula is C13H18ClNO. The van der Waals surface area contributed by atoms with E-state index in [0.717, 1.165) is 24.7 Å². The number of hydrogen-bond donors (Lipinski definition) is 0. The van der Waals surface area contributed by atoms with Crippen molar-refractivity contribution in [3.05, 3.63) is 34.9 Å². The first kappa shape index (κ1) is 11.9. The lowest BCUT2D eigenvalue weighted by Crippen LogP contribution is -2.46. The quantitative estimate of drug-likeness (QED) is 0.787. The van der Waals surface area contributed by atoms with E-state index in [2.05, 4.69) is 30.9 Å². The van der Waals surface area contributed by atoms with Gasteiger partial charge < -0.3 is 4.74 Å². The predicted octanol–water partition coefficient (Wildman–Crippen LogP) is 2.95. The normalized spacial score (nSPS) is 26.9. The number of hydrogen-bond acceptors (Lipinski definition) is 2. The first-order valence-corrected chi connectivity index (χ1v) is 6.13. The molecule has 0 amide bonds. The second-order valence-corrected chi connectivity index (χ2v) is 4.99. The maximum atomic E-state index is 5.87. The highest BCUT2D eigenvalue weighted by molar-refractivity contribution is 6.30. The Balaban J connectivity index is 2.00. The SMILES string of the molecule is CC1CN(Cc2ccc(Cl)cc2)C(C)CO1. The van der Waals surface area contributed by atoms with Crippen molar-refractivity contribution in [1.82, 2.24) is 4.90 Å². The monoisotopic (exact) mass is 239 g/mol. The minimum absolute atomic E-state index is 0.337. The lowest BCUT2D eigenvalue weighted by Gasteiger charge is -2.36. The van der Waals surface area contributed by atoms with Crippen LogP contribution in [-0.2, 0) is 11.3 Å². The lowest BCUT2D eigenvalue weighted by atomic mass is 10.1. The maximum absolute atomic E-state index is 5.87. The van der Waals surface area contributed by atoms with Gasteiger partial charge in [-0.3, -0.25) is 4.90 Å². The summed E-state index contributed by atoms with van der Waals surface area (Å²) in [5, 5.41) is 0.798. The van der Waals surface area contributed by atoms with Gasteiger partial charge in [-0.2, -0.15) is 0 Å². The average Bonchev–Trinajstić information content (AvgIpc) is 2.27. The summed E-state index contributed by atoms with van der Waals surface area (Å²) in [5.41, 5.74) is 1.31. The molecule has 0 bridgehead atoms. The zero-order chi connectivity index (χ0) is 11.5. The van der Waals surface area contributed by atoms with Crippen LogP contribution in [0.3, 0.4) is 0 Å². The molecule has 1 aromatic carbocycles. The van der Waals surface area contributed by atoms with Crippen molar-refractivity contribution < 1.29 is 4.74 Å². The molecule has 1 aliphatic rings. The van der Waals surface area contributed by atoms with E-state index >= 15 is 0 Å². The Hall–Kier alpha value is -0.570. The van der Waals surface area contributed by atoms with E-state index in [1.54, 1.807) is 0 Å². The third kappa shape index (κ3) is 2.97. The minimum Gasteiger partial charge on any atom is -0.376 e. The van der Waals surface area contributed by atoms with E-state index in [4.69, 9.17) is 16.3 Å². The summed E-state index contributed by atoms with van der Waals surface area (Å²) >= 11 is 5.87. The number of benzene rings is 1. The predicted molar refractivity (Wildman–Crippen MR) is 66.7 cm³/mol. The molecule has 16 heavy (non-hydrogen) atoms. The number of halogens is 1. The van der Waals surface area contributed by atoms with Gasteiger partial charge in [0.05, 0.1) is 12.7 Å². The largest absolute Gasteiger partial charge is 0.376 e. The fraction of sp³-hybridized carbons (Fsp3) is 0.538. The van der Waals surface area contributed by atoms with Crippen LogP contribution in [0.2, 0.25) is 5.02 Å². The second-order valence-electron chi connectivity index (χ2n) is 4.55. The summed E-state index contributed by atoms with van der Waals surface area (Å²) in [6.07, 6.45) is 0.337. The van der Waals surface area contributed by atoms with Gasteiger partial charge in [0.1, 0.15) is 0 Å². The van der Waals surface area contributed by atoms with Gasteiger partial charge in [0.2, 0.25) is 0 Å². The van der Waals surface area contributed by atoms with E-state index in [9.17, 15) is 0 Å². The van der Waals surface area contributed by atoms with Gasteiger partial charge in [-0.05, 0) is 31.5 Å². The Labute approximate surface area is 102 Å². The summed E-state index contributed by atoms with van der Waals surface area (Å²) < 4.78 is 5.61. The molecule has 1 saturated heterocycles. The molecule has 2 nitrogen and oxygen atoms in total. The van der Waals surface area contributed by atoms with Crippen LogP contribution < -0.4 is 0 Å². The van der Waals surface area contributed by atoms with E-state index in [1.165, 1.54) is 5.56 Å². The molecule has 1 fully saturated rings. The van der Waals surface area contributed by atoms with Gasteiger partial charge in [0.25, 0.3) is 0 Å². The van der Waals surface area contributed by atoms with Crippen molar-refractivity contribution in [3.8, 4) is 0 Å². The average molecular weight is 240 g/mol. The molecule has 1 aliphatic heterocycles. The molecule has 0 spiro atoms. The molecule has 0 saturated carbocycles. The Kier molecular flexibility index (Phi) is 3.85. The molecule has 88 valence electrons. The van der Waals surface area contributed by atoms with Crippen molar-refractivity contribution in [2.75, 3.05) is 13.2 Å². The maximum Gasteiger partial charge on any atom is 0.0674 e. The van der Waals surface area contributed by atoms with Crippen LogP contribution in [-0.4, -0.2) is 30.2 Å². The summed E-state index contributed by atoms with van der Waals surface area (Å²) in [6.45, 7) is 7.15. The van der Waals surface area contributed by atoms with Gasteiger partial charge in [-0.25, -0.2) is 0 Å². The first-order valence-electron chi connectivity index (χ1n) is 5.75. The first-order chi connectivity index (χ1) is 7.65. The lowest BCUT2D eigenvalue weighted by molar-refractivity contribution is -0.0526. The van der Waals surface area contributed by atoms with Gasteiger partial charge in [0.15, 0.2) is 0 Å². The van der Waals surface area contributed by atoms with Gasteiger partial charge >= 0.3 is 0 Å². The third-order valence-corrected chi connectivity index (χ3v) is 3.29. The van der Waals surface area contributed by atoms with Gasteiger partial charge in [-0.1, -0.05) is 23.7 Å². The van der Waals surface area contributed by atoms with E-state index in [-0.39, 0.29) is 0 Å². The molecule has 1 aromatic rings. The number of nitrogens with zero attached hydrogens (tertiary/aromatic N) is 1. The van der Waals surface area contributed by atoms with Crippen LogP contribution in [0.25, 0.3) is 0 Å². The highest BCUT2D eigenvalue weighted by Crippen LogP contribution is 2.16. The number of morpholine rings is 1.